The summed E-state index contributed by atoms with van der Waals surface area (Å²) in [5, 5.41) is 16.7. The second-order valence-corrected chi connectivity index (χ2v) is 5.64. The van der Waals surface area contributed by atoms with Crippen molar-refractivity contribution in [1.29, 1.82) is 5.26 Å². The summed E-state index contributed by atoms with van der Waals surface area (Å²) in [6, 6.07) is 4.03. The molecule has 0 bridgehead atoms. The van der Waals surface area contributed by atoms with Gasteiger partial charge in [0.1, 0.15) is 6.61 Å². The molecule has 21 heavy (non-hydrogen) atoms. The quantitative estimate of drug-likeness (QED) is 0.509. The SMILES string of the molecule is C=CCOC(=O)C1=C(C)NC(S)=C(C#N)[C@@H]1c1ccsc1. The maximum absolute atomic E-state index is 12.3. The first-order chi connectivity index (χ1) is 10.1. The second kappa shape index (κ2) is 6.66. The number of nitrogens with one attached hydrogen (secondary N) is 1. The van der Waals surface area contributed by atoms with Gasteiger partial charge < -0.3 is 10.1 Å². The van der Waals surface area contributed by atoms with Gasteiger partial charge in [0.25, 0.3) is 0 Å². The number of thiol groups is 1. The van der Waals surface area contributed by atoms with Crippen LogP contribution in [0, 0.1) is 11.3 Å². The van der Waals surface area contributed by atoms with Gasteiger partial charge in [-0.1, -0.05) is 12.7 Å². The Morgan fingerprint density at radius 3 is 3.05 bits per heavy atom. The summed E-state index contributed by atoms with van der Waals surface area (Å²) in [6.07, 6.45) is 1.51. The molecule has 1 atom stereocenters. The van der Waals surface area contributed by atoms with Crippen molar-refractivity contribution < 1.29 is 9.53 Å². The molecule has 1 aliphatic heterocycles. The van der Waals surface area contributed by atoms with E-state index in [0.717, 1.165) is 5.56 Å². The fraction of sp³-hybridized carbons (Fsp3) is 0.200. The lowest BCUT2D eigenvalue weighted by Gasteiger charge is -2.27. The van der Waals surface area contributed by atoms with Crippen LogP contribution in [0.1, 0.15) is 18.4 Å². The summed E-state index contributed by atoms with van der Waals surface area (Å²) >= 11 is 5.82. The third-order valence-corrected chi connectivity index (χ3v) is 4.15. The van der Waals surface area contributed by atoms with Gasteiger partial charge in [-0.15, -0.1) is 12.6 Å². The largest absolute Gasteiger partial charge is 0.458 e. The second-order valence-electron chi connectivity index (χ2n) is 4.41. The fourth-order valence-corrected chi connectivity index (χ4v) is 3.22. The highest BCUT2D eigenvalue weighted by Gasteiger charge is 2.34. The van der Waals surface area contributed by atoms with Gasteiger partial charge in [0.15, 0.2) is 0 Å². The summed E-state index contributed by atoms with van der Waals surface area (Å²) < 4.78 is 5.15. The van der Waals surface area contributed by atoms with Crippen molar-refractivity contribution in [2.24, 2.45) is 0 Å². The van der Waals surface area contributed by atoms with Crippen LogP contribution in [-0.4, -0.2) is 12.6 Å². The topological polar surface area (TPSA) is 62.1 Å². The lowest BCUT2D eigenvalue weighted by Crippen LogP contribution is -2.28. The molecule has 108 valence electrons. The van der Waals surface area contributed by atoms with Crippen LogP contribution in [0.4, 0.5) is 0 Å². The maximum Gasteiger partial charge on any atom is 0.337 e. The molecule has 0 saturated heterocycles. The summed E-state index contributed by atoms with van der Waals surface area (Å²) in [5.74, 6) is -0.906. The molecular formula is C15H14N2O2S2. The minimum Gasteiger partial charge on any atom is -0.458 e. The number of nitrogens with zero attached hydrogens (tertiary/aromatic N) is 1. The monoisotopic (exact) mass is 318 g/mol. The van der Waals surface area contributed by atoms with Gasteiger partial charge >= 0.3 is 5.97 Å². The molecule has 2 heterocycles. The number of allylic oxidation sites excluding steroid dienone is 2. The van der Waals surface area contributed by atoms with E-state index in [1.165, 1.54) is 17.4 Å². The summed E-state index contributed by atoms with van der Waals surface area (Å²) in [6.45, 7) is 5.43. The van der Waals surface area contributed by atoms with Crippen molar-refractivity contribution in [1.82, 2.24) is 5.32 Å². The smallest absolute Gasteiger partial charge is 0.337 e. The van der Waals surface area contributed by atoms with Gasteiger partial charge in [0.2, 0.25) is 0 Å². The molecule has 1 aromatic heterocycles. The van der Waals surface area contributed by atoms with E-state index in [-0.39, 0.29) is 6.61 Å². The van der Waals surface area contributed by atoms with E-state index in [4.69, 9.17) is 4.74 Å². The molecule has 0 radical (unpaired) electrons. The van der Waals surface area contributed by atoms with E-state index in [1.54, 1.807) is 6.92 Å². The summed E-state index contributed by atoms with van der Waals surface area (Å²) in [4.78, 5) is 12.3. The molecule has 1 aliphatic rings. The van der Waals surface area contributed by atoms with Crippen molar-refractivity contribution in [3.05, 3.63) is 56.9 Å². The van der Waals surface area contributed by atoms with Gasteiger partial charge in [0, 0.05) is 5.70 Å². The third-order valence-electron chi connectivity index (χ3n) is 3.09. The molecule has 0 spiro atoms. The average molecular weight is 318 g/mol. The first-order valence-electron chi connectivity index (χ1n) is 6.21. The number of hydrogen-bond donors (Lipinski definition) is 2. The lowest BCUT2D eigenvalue weighted by atomic mass is 9.84. The fourth-order valence-electron chi connectivity index (χ4n) is 2.18. The average Bonchev–Trinajstić information content (AvgIpc) is 2.97. The Bertz CT molecular complexity index is 666. The van der Waals surface area contributed by atoms with E-state index in [1.807, 2.05) is 16.8 Å². The lowest BCUT2D eigenvalue weighted by molar-refractivity contribution is -0.138. The zero-order valence-corrected chi connectivity index (χ0v) is 13.1. The van der Waals surface area contributed by atoms with Gasteiger partial charge in [-0.3, -0.25) is 0 Å². The van der Waals surface area contributed by atoms with Crippen molar-refractivity contribution in [3.63, 3.8) is 0 Å². The van der Waals surface area contributed by atoms with Gasteiger partial charge in [-0.2, -0.15) is 16.6 Å². The van der Waals surface area contributed by atoms with Crippen LogP contribution in [-0.2, 0) is 9.53 Å². The minimum absolute atomic E-state index is 0.130. The number of carbonyl (C=O) groups excluding carboxylic acids is 1. The highest BCUT2D eigenvalue weighted by atomic mass is 32.1. The van der Waals surface area contributed by atoms with Crippen LogP contribution in [0.2, 0.25) is 0 Å². The molecule has 0 aromatic carbocycles. The van der Waals surface area contributed by atoms with E-state index in [0.29, 0.717) is 21.9 Å². The number of hydrogen-bond acceptors (Lipinski definition) is 6. The number of rotatable bonds is 4. The molecule has 0 unspecified atom stereocenters. The number of dihydropyridines is 1. The molecule has 0 saturated carbocycles. The van der Waals surface area contributed by atoms with E-state index >= 15 is 0 Å². The number of esters is 1. The maximum atomic E-state index is 12.3. The molecule has 1 N–H and O–H groups in total. The Hall–Kier alpha value is -1.97. The first-order valence-corrected chi connectivity index (χ1v) is 7.60. The Labute approximate surface area is 132 Å². The number of nitriles is 1. The van der Waals surface area contributed by atoms with Gasteiger partial charge in [-0.25, -0.2) is 4.79 Å². The van der Waals surface area contributed by atoms with Crippen LogP contribution in [0.25, 0.3) is 0 Å². The van der Waals surface area contributed by atoms with E-state index < -0.39 is 11.9 Å². The highest BCUT2D eigenvalue weighted by molar-refractivity contribution is 7.84. The van der Waals surface area contributed by atoms with Gasteiger partial charge in [0.05, 0.1) is 28.2 Å². The predicted molar refractivity (Wildman–Crippen MR) is 85.7 cm³/mol. The number of thiophene rings is 1. The normalized spacial score (nSPS) is 18.0. The van der Waals surface area contributed by atoms with E-state index in [2.05, 4.69) is 30.6 Å². The zero-order valence-electron chi connectivity index (χ0n) is 11.4. The Morgan fingerprint density at radius 2 is 2.48 bits per heavy atom. The Morgan fingerprint density at radius 1 is 1.71 bits per heavy atom. The highest BCUT2D eigenvalue weighted by Crippen LogP contribution is 2.39. The Kier molecular flexibility index (Phi) is 4.89. The molecule has 6 heteroatoms. The zero-order chi connectivity index (χ0) is 15.4. The van der Waals surface area contributed by atoms with Crippen molar-refractivity contribution in [2.75, 3.05) is 6.61 Å². The molecular weight excluding hydrogens is 304 g/mol. The minimum atomic E-state index is -0.454. The van der Waals surface area contributed by atoms with Crippen LogP contribution >= 0.6 is 24.0 Å². The van der Waals surface area contributed by atoms with Crippen LogP contribution in [0.15, 0.2) is 51.4 Å². The number of ether oxygens (including phenoxy) is 1. The van der Waals surface area contributed by atoms with Crippen molar-refractivity contribution >= 4 is 29.9 Å². The third kappa shape index (κ3) is 3.04. The summed E-state index contributed by atoms with van der Waals surface area (Å²) in [5.41, 5.74) is 2.37. The molecule has 2 rings (SSSR count). The summed E-state index contributed by atoms with van der Waals surface area (Å²) in [7, 11) is 0. The standard InChI is InChI=1S/C15H14N2O2S2/c1-3-5-19-15(18)12-9(2)17-14(20)11(7-16)13(12)10-4-6-21-8-10/h3-4,6,8,13,17,20H,1,5H2,2H3/t13-/m0/s1. The van der Waals surface area contributed by atoms with Crippen molar-refractivity contribution in [3.8, 4) is 6.07 Å². The molecule has 4 nitrogen and oxygen atoms in total. The predicted octanol–water partition coefficient (Wildman–Crippen LogP) is 3.10. The van der Waals surface area contributed by atoms with E-state index in [9.17, 15) is 10.1 Å². The molecule has 0 aliphatic carbocycles. The number of carbonyl (C=O) groups is 1. The van der Waals surface area contributed by atoms with Crippen LogP contribution in [0.5, 0.6) is 0 Å². The Balaban J connectivity index is 2.49. The molecule has 0 fully saturated rings. The van der Waals surface area contributed by atoms with Crippen LogP contribution < -0.4 is 5.32 Å². The molecule has 1 aromatic rings. The van der Waals surface area contributed by atoms with Gasteiger partial charge in [-0.05, 0) is 29.3 Å². The van der Waals surface area contributed by atoms with Crippen LogP contribution in [0.3, 0.4) is 0 Å². The van der Waals surface area contributed by atoms with Crippen molar-refractivity contribution in [2.45, 2.75) is 12.8 Å². The first kappa shape index (κ1) is 15.4. The molecule has 0 amide bonds.